The molecule has 2 aliphatic rings. The molecule has 3 nitrogen and oxygen atoms in total. The third kappa shape index (κ3) is 2.42. The lowest BCUT2D eigenvalue weighted by atomic mass is 9.92. The molecule has 0 atom stereocenters. The summed E-state index contributed by atoms with van der Waals surface area (Å²) in [4.78, 5) is 17.0. The Morgan fingerprint density at radius 3 is 2.66 bits per heavy atom. The van der Waals surface area contributed by atoms with Gasteiger partial charge in [0.25, 0.3) is 0 Å². The highest BCUT2D eigenvalue weighted by molar-refractivity contribution is 6.30. The topological polar surface area (TPSA) is 42.6 Å². The van der Waals surface area contributed by atoms with E-state index in [0.717, 1.165) is 67.4 Å². The Labute approximate surface area is 184 Å². The molecule has 1 aliphatic carbocycles. The van der Waals surface area contributed by atoms with Gasteiger partial charge in [-0.3, -0.25) is 4.79 Å². The van der Waals surface area contributed by atoms with E-state index in [2.05, 4.69) is 55.5 Å². The predicted octanol–water partition coefficient (Wildman–Crippen LogP) is 7.28. The van der Waals surface area contributed by atoms with E-state index in [1.165, 1.54) is 10.9 Å². The van der Waals surface area contributed by atoms with Gasteiger partial charge in [0.15, 0.2) is 5.78 Å². The van der Waals surface area contributed by atoms with Crippen LogP contribution in [0, 0.1) is 6.92 Å². The molecule has 5 aromatic rings. The van der Waals surface area contributed by atoms with Gasteiger partial charge in [-0.1, -0.05) is 30.3 Å². The number of hydrogen-bond donors (Lipinski definition) is 0. The molecule has 0 N–H and O–H groups in total. The second-order valence-electron chi connectivity index (χ2n) is 8.78. The van der Waals surface area contributed by atoms with Crippen molar-refractivity contribution in [1.29, 1.82) is 0 Å². The van der Waals surface area contributed by atoms with Crippen LogP contribution in [0.2, 0.25) is 0 Å². The second-order valence-corrected chi connectivity index (χ2v) is 8.78. The minimum atomic E-state index is 0.210. The quantitative estimate of drug-likeness (QED) is 0.299. The summed E-state index contributed by atoms with van der Waals surface area (Å²) >= 11 is 0. The van der Waals surface area contributed by atoms with E-state index in [1.54, 1.807) is 6.08 Å². The SMILES string of the molecule is Cc1cc(C2=Nc3cccc4cc(C5=CC(=O)CC5)cc2c34)c2oc3ccccc3c2c1. The fraction of sp³-hybridized carbons (Fsp3) is 0.103. The van der Waals surface area contributed by atoms with Crippen LogP contribution < -0.4 is 0 Å². The van der Waals surface area contributed by atoms with Gasteiger partial charge in [-0.15, -0.1) is 0 Å². The van der Waals surface area contributed by atoms with E-state index in [9.17, 15) is 4.79 Å². The molecule has 152 valence electrons. The first-order valence-corrected chi connectivity index (χ1v) is 11.0. The molecule has 0 amide bonds. The Morgan fingerprint density at radius 2 is 1.78 bits per heavy atom. The Hall–Kier alpha value is -3.98. The second kappa shape index (κ2) is 6.27. The summed E-state index contributed by atoms with van der Waals surface area (Å²) in [5, 5.41) is 4.56. The highest BCUT2D eigenvalue weighted by Crippen LogP contribution is 2.42. The number of allylic oxidation sites excluding steroid dienone is 2. The Morgan fingerprint density at radius 1 is 0.875 bits per heavy atom. The van der Waals surface area contributed by atoms with Crippen LogP contribution in [-0.2, 0) is 4.79 Å². The van der Waals surface area contributed by atoms with E-state index in [4.69, 9.17) is 9.41 Å². The number of nitrogens with zero attached hydrogens (tertiary/aromatic N) is 1. The summed E-state index contributed by atoms with van der Waals surface area (Å²) < 4.78 is 6.35. The van der Waals surface area contributed by atoms with Gasteiger partial charge in [-0.2, -0.15) is 0 Å². The van der Waals surface area contributed by atoms with Crippen LogP contribution in [-0.4, -0.2) is 11.5 Å². The standard InChI is InChI=1S/C29H19NO2/c1-16-11-22-21-6-2-3-8-26(21)32-29(22)24(12-16)28-23-15-19(17-9-10-20(31)14-17)13-18-5-4-7-25(30-28)27(18)23/h2-8,11-15H,9-10H2,1H3. The lowest BCUT2D eigenvalue weighted by Crippen LogP contribution is -2.02. The Balaban J connectivity index is 1.53. The van der Waals surface area contributed by atoms with E-state index < -0.39 is 0 Å². The summed E-state index contributed by atoms with van der Waals surface area (Å²) in [7, 11) is 0. The van der Waals surface area contributed by atoms with Gasteiger partial charge >= 0.3 is 0 Å². The van der Waals surface area contributed by atoms with Crippen molar-refractivity contribution in [3.05, 3.63) is 95.1 Å². The number of ketones is 1. The molecular weight excluding hydrogens is 394 g/mol. The average Bonchev–Trinajstić information content (AvgIpc) is 3.50. The largest absolute Gasteiger partial charge is 0.455 e. The molecule has 0 saturated heterocycles. The summed E-state index contributed by atoms with van der Waals surface area (Å²) in [6, 6.07) is 23.2. The van der Waals surface area contributed by atoms with Gasteiger partial charge in [-0.05, 0) is 77.9 Å². The van der Waals surface area contributed by atoms with E-state index in [-0.39, 0.29) is 5.78 Å². The molecule has 0 fully saturated rings. The van der Waals surface area contributed by atoms with Crippen molar-refractivity contribution in [2.75, 3.05) is 0 Å². The average molecular weight is 413 g/mol. The van der Waals surface area contributed by atoms with E-state index in [1.807, 2.05) is 18.2 Å². The highest BCUT2D eigenvalue weighted by atomic mass is 16.3. The van der Waals surface area contributed by atoms with E-state index in [0.29, 0.717) is 6.42 Å². The van der Waals surface area contributed by atoms with Crippen molar-refractivity contribution in [1.82, 2.24) is 0 Å². The first-order valence-electron chi connectivity index (χ1n) is 11.0. The molecule has 0 saturated carbocycles. The molecule has 0 spiro atoms. The minimum Gasteiger partial charge on any atom is -0.455 e. The number of aryl methyl sites for hydroxylation is 1. The smallest absolute Gasteiger partial charge is 0.156 e. The third-order valence-electron chi connectivity index (χ3n) is 6.67. The number of rotatable bonds is 2. The lowest BCUT2D eigenvalue weighted by Gasteiger charge is -2.10. The predicted molar refractivity (Wildman–Crippen MR) is 130 cm³/mol. The highest BCUT2D eigenvalue weighted by Gasteiger charge is 2.25. The molecule has 0 bridgehead atoms. The zero-order valence-electron chi connectivity index (χ0n) is 17.6. The number of para-hydroxylation sites is 1. The third-order valence-corrected chi connectivity index (χ3v) is 6.67. The summed E-state index contributed by atoms with van der Waals surface area (Å²) in [5.41, 5.74) is 9.21. The summed E-state index contributed by atoms with van der Waals surface area (Å²) in [6.45, 7) is 2.12. The van der Waals surface area contributed by atoms with Crippen molar-refractivity contribution in [3.8, 4) is 0 Å². The number of hydrogen-bond acceptors (Lipinski definition) is 3. The number of carbonyl (C=O) groups excluding carboxylic acids is 1. The Bertz CT molecular complexity index is 1700. The molecule has 7 rings (SSSR count). The number of aliphatic imine (C=N–C) groups is 1. The maximum Gasteiger partial charge on any atom is 0.156 e. The summed E-state index contributed by atoms with van der Waals surface area (Å²) in [5.74, 6) is 0.210. The fourth-order valence-electron chi connectivity index (χ4n) is 5.23. The number of fused-ring (bicyclic) bond motifs is 3. The zero-order valence-corrected chi connectivity index (χ0v) is 17.6. The van der Waals surface area contributed by atoms with E-state index >= 15 is 0 Å². The van der Waals surface area contributed by atoms with Crippen LogP contribution in [0.3, 0.4) is 0 Å². The summed E-state index contributed by atoms with van der Waals surface area (Å²) in [6.07, 6.45) is 3.20. The van der Waals surface area contributed by atoms with Crippen LogP contribution in [0.1, 0.15) is 35.1 Å². The molecule has 32 heavy (non-hydrogen) atoms. The molecular formula is C29H19NO2. The molecule has 1 aromatic heterocycles. The van der Waals surface area contributed by atoms with Gasteiger partial charge in [0.2, 0.25) is 0 Å². The maximum atomic E-state index is 11.9. The van der Waals surface area contributed by atoms with Crippen molar-refractivity contribution >= 4 is 55.5 Å². The van der Waals surface area contributed by atoms with Crippen LogP contribution in [0.5, 0.6) is 0 Å². The molecule has 0 radical (unpaired) electrons. The zero-order chi connectivity index (χ0) is 21.4. The van der Waals surface area contributed by atoms with Crippen LogP contribution in [0.15, 0.2) is 82.2 Å². The number of benzene rings is 4. The number of furan rings is 1. The van der Waals surface area contributed by atoms with Gasteiger partial charge in [0, 0.05) is 33.7 Å². The molecule has 4 aromatic carbocycles. The molecule has 3 heteroatoms. The monoisotopic (exact) mass is 413 g/mol. The molecule has 0 unspecified atom stereocenters. The molecule has 1 aliphatic heterocycles. The van der Waals surface area contributed by atoms with Crippen LogP contribution >= 0.6 is 0 Å². The van der Waals surface area contributed by atoms with Gasteiger partial charge in [0.05, 0.1) is 11.4 Å². The first kappa shape index (κ1) is 17.7. The van der Waals surface area contributed by atoms with Crippen molar-refractivity contribution in [3.63, 3.8) is 0 Å². The van der Waals surface area contributed by atoms with Crippen molar-refractivity contribution < 1.29 is 9.21 Å². The lowest BCUT2D eigenvalue weighted by molar-refractivity contribution is -0.114. The Kier molecular flexibility index (Phi) is 3.46. The normalized spacial score (nSPS) is 15.2. The minimum absolute atomic E-state index is 0.210. The van der Waals surface area contributed by atoms with Gasteiger partial charge in [-0.25, -0.2) is 4.99 Å². The first-order chi connectivity index (χ1) is 15.7. The number of carbonyl (C=O) groups is 1. The van der Waals surface area contributed by atoms with Crippen molar-refractivity contribution in [2.45, 2.75) is 19.8 Å². The fourth-order valence-corrected chi connectivity index (χ4v) is 5.23. The van der Waals surface area contributed by atoms with Gasteiger partial charge < -0.3 is 4.42 Å². The van der Waals surface area contributed by atoms with Crippen LogP contribution in [0.25, 0.3) is 38.3 Å². The van der Waals surface area contributed by atoms with Crippen LogP contribution in [0.4, 0.5) is 5.69 Å². The van der Waals surface area contributed by atoms with Crippen molar-refractivity contribution in [2.24, 2.45) is 4.99 Å². The maximum absolute atomic E-state index is 11.9. The molecule has 2 heterocycles. The van der Waals surface area contributed by atoms with Gasteiger partial charge in [0.1, 0.15) is 11.2 Å².